The smallest absolute Gasteiger partial charge is 0.227 e. The molecule has 0 aliphatic heterocycles. The Morgan fingerprint density at radius 3 is 2.46 bits per heavy atom. The van der Waals surface area contributed by atoms with Crippen LogP contribution in [0.2, 0.25) is 0 Å². The van der Waals surface area contributed by atoms with E-state index in [2.05, 4.69) is 5.32 Å². The fourth-order valence-corrected chi connectivity index (χ4v) is 2.38. The van der Waals surface area contributed by atoms with Crippen molar-refractivity contribution in [2.45, 2.75) is 25.4 Å². The summed E-state index contributed by atoms with van der Waals surface area (Å²) in [5.41, 5.74) is 0.953. The molecule has 128 valence electrons. The molecule has 0 aliphatic carbocycles. The van der Waals surface area contributed by atoms with Gasteiger partial charge in [0.25, 0.3) is 0 Å². The third kappa shape index (κ3) is 5.35. The molecule has 2 N–H and O–H groups in total. The molecule has 0 heterocycles. The highest BCUT2D eigenvalue weighted by Gasteiger charge is 2.19. The van der Waals surface area contributed by atoms with Gasteiger partial charge in [0, 0.05) is 6.54 Å². The molecule has 0 radical (unpaired) electrons. The van der Waals surface area contributed by atoms with Gasteiger partial charge in [0.2, 0.25) is 5.91 Å². The standard InChI is InChI=1S/C19H22FNO3/c1-2-18(14-6-4-3-5-7-14)19(23)21-12-16(22)13-24-17-10-8-15(20)9-11-17/h3-11,16,18,22H,2,12-13H2,1H3,(H,21,23). The maximum atomic E-state index is 12.8. The van der Waals surface area contributed by atoms with Gasteiger partial charge in [-0.1, -0.05) is 37.3 Å². The van der Waals surface area contributed by atoms with Gasteiger partial charge in [0.1, 0.15) is 24.3 Å². The van der Waals surface area contributed by atoms with Crippen molar-refractivity contribution in [3.8, 4) is 5.75 Å². The molecule has 24 heavy (non-hydrogen) atoms. The van der Waals surface area contributed by atoms with E-state index in [9.17, 15) is 14.3 Å². The number of carbonyl (C=O) groups excluding carboxylic acids is 1. The SMILES string of the molecule is CCC(C(=O)NCC(O)COc1ccc(F)cc1)c1ccccc1. The lowest BCUT2D eigenvalue weighted by atomic mass is 9.95. The summed E-state index contributed by atoms with van der Waals surface area (Å²) in [5, 5.41) is 12.7. The van der Waals surface area contributed by atoms with Crippen LogP contribution in [0.1, 0.15) is 24.8 Å². The molecule has 0 bridgehead atoms. The summed E-state index contributed by atoms with van der Waals surface area (Å²) < 4.78 is 18.2. The number of benzene rings is 2. The number of aliphatic hydroxyl groups excluding tert-OH is 1. The average Bonchev–Trinajstić information content (AvgIpc) is 2.61. The molecule has 2 aromatic rings. The Kier molecular flexibility index (Phi) is 6.75. The second-order valence-electron chi connectivity index (χ2n) is 5.54. The molecule has 0 aromatic heterocycles. The van der Waals surface area contributed by atoms with E-state index in [4.69, 9.17) is 4.74 Å². The van der Waals surface area contributed by atoms with Crippen LogP contribution in [0.3, 0.4) is 0 Å². The van der Waals surface area contributed by atoms with Crippen molar-refractivity contribution in [2.75, 3.05) is 13.2 Å². The van der Waals surface area contributed by atoms with Crippen molar-refractivity contribution >= 4 is 5.91 Å². The van der Waals surface area contributed by atoms with Crippen molar-refractivity contribution in [2.24, 2.45) is 0 Å². The minimum Gasteiger partial charge on any atom is -0.491 e. The monoisotopic (exact) mass is 331 g/mol. The zero-order chi connectivity index (χ0) is 17.4. The number of halogens is 1. The Bertz CT molecular complexity index is 631. The van der Waals surface area contributed by atoms with Crippen LogP contribution in [-0.2, 0) is 4.79 Å². The number of nitrogens with one attached hydrogen (secondary N) is 1. The quantitative estimate of drug-likeness (QED) is 0.782. The second-order valence-corrected chi connectivity index (χ2v) is 5.54. The molecule has 1 amide bonds. The fourth-order valence-electron chi connectivity index (χ4n) is 2.38. The number of amides is 1. The maximum absolute atomic E-state index is 12.8. The topological polar surface area (TPSA) is 58.6 Å². The number of rotatable bonds is 8. The van der Waals surface area contributed by atoms with E-state index in [1.54, 1.807) is 0 Å². The largest absolute Gasteiger partial charge is 0.491 e. The number of hydrogen-bond acceptors (Lipinski definition) is 3. The molecule has 0 saturated heterocycles. The summed E-state index contributed by atoms with van der Waals surface area (Å²) in [4.78, 5) is 12.3. The minimum absolute atomic E-state index is 0.0219. The van der Waals surface area contributed by atoms with Gasteiger partial charge < -0.3 is 15.2 Å². The van der Waals surface area contributed by atoms with Crippen LogP contribution in [0.4, 0.5) is 4.39 Å². The lowest BCUT2D eigenvalue weighted by Gasteiger charge is -2.18. The van der Waals surface area contributed by atoms with Crippen LogP contribution in [-0.4, -0.2) is 30.3 Å². The van der Waals surface area contributed by atoms with Gasteiger partial charge in [0.15, 0.2) is 0 Å². The molecule has 0 aliphatic rings. The molecule has 4 nitrogen and oxygen atoms in total. The van der Waals surface area contributed by atoms with Crippen LogP contribution >= 0.6 is 0 Å². The first-order valence-electron chi connectivity index (χ1n) is 7.99. The second kappa shape index (κ2) is 9.03. The summed E-state index contributed by atoms with van der Waals surface area (Å²) in [7, 11) is 0. The highest BCUT2D eigenvalue weighted by molar-refractivity contribution is 5.83. The van der Waals surface area contributed by atoms with Gasteiger partial charge in [-0.15, -0.1) is 0 Å². The summed E-state index contributed by atoms with van der Waals surface area (Å²) in [6, 6.07) is 15.1. The highest BCUT2D eigenvalue weighted by Crippen LogP contribution is 2.19. The number of aliphatic hydroxyl groups is 1. The zero-order valence-electron chi connectivity index (χ0n) is 13.6. The zero-order valence-corrected chi connectivity index (χ0v) is 13.6. The van der Waals surface area contributed by atoms with Crippen molar-refractivity contribution < 1.29 is 19.0 Å². The Morgan fingerprint density at radius 2 is 1.83 bits per heavy atom. The number of hydrogen-bond donors (Lipinski definition) is 2. The number of carbonyl (C=O) groups is 1. The normalized spacial score (nSPS) is 13.1. The van der Waals surface area contributed by atoms with E-state index < -0.39 is 6.10 Å². The van der Waals surface area contributed by atoms with Crippen LogP contribution < -0.4 is 10.1 Å². The van der Waals surface area contributed by atoms with E-state index >= 15 is 0 Å². The summed E-state index contributed by atoms with van der Waals surface area (Å²) >= 11 is 0. The molecule has 0 fully saturated rings. The predicted molar refractivity (Wildman–Crippen MR) is 90.4 cm³/mol. The Hall–Kier alpha value is -2.40. The summed E-state index contributed by atoms with van der Waals surface area (Å²) in [5.74, 6) is -0.236. The average molecular weight is 331 g/mol. The number of ether oxygens (including phenoxy) is 1. The van der Waals surface area contributed by atoms with E-state index in [-0.39, 0.29) is 30.8 Å². The molecule has 0 spiro atoms. The molecular formula is C19H22FNO3. The first kappa shape index (κ1) is 17.9. The Morgan fingerprint density at radius 1 is 1.17 bits per heavy atom. The summed E-state index contributed by atoms with van der Waals surface area (Å²) in [6.07, 6.45) is -0.162. The van der Waals surface area contributed by atoms with E-state index in [0.717, 1.165) is 5.56 Å². The molecule has 2 aromatic carbocycles. The van der Waals surface area contributed by atoms with E-state index in [1.807, 2.05) is 37.3 Å². The molecular weight excluding hydrogens is 309 g/mol. The van der Waals surface area contributed by atoms with Gasteiger partial charge in [-0.05, 0) is 36.2 Å². The van der Waals surface area contributed by atoms with E-state index in [0.29, 0.717) is 12.2 Å². The minimum atomic E-state index is -0.840. The lowest BCUT2D eigenvalue weighted by Crippen LogP contribution is -2.37. The van der Waals surface area contributed by atoms with Crippen LogP contribution in [0.15, 0.2) is 54.6 Å². The van der Waals surface area contributed by atoms with Gasteiger partial charge in [0.05, 0.1) is 5.92 Å². The first-order chi connectivity index (χ1) is 11.6. The van der Waals surface area contributed by atoms with Crippen LogP contribution in [0, 0.1) is 5.82 Å². The van der Waals surface area contributed by atoms with E-state index in [1.165, 1.54) is 24.3 Å². The van der Waals surface area contributed by atoms with Gasteiger partial charge in [-0.3, -0.25) is 4.79 Å². The lowest BCUT2D eigenvalue weighted by molar-refractivity contribution is -0.123. The van der Waals surface area contributed by atoms with Gasteiger partial charge in [-0.2, -0.15) is 0 Å². The molecule has 2 atom stereocenters. The van der Waals surface area contributed by atoms with Crippen molar-refractivity contribution in [1.82, 2.24) is 5.32 Å². The Labute approximate surface area is 141 Å². The summed E-state index contributed by atoms with van der Waals surface area (Å²) in [6.45, 7) is 2.07. The van der Waals surface area contributed by atoms with Gasteiger partial charge in [-0.25, -0.2) is 4.39 Å². The predicted octanol–water partition coefficient (Wildman–Crippen LogP) is 2.88. The maximum Gasteiger partial charge on any atom is 0.227 e. The third-order valence-electron chi connectivity index (χ3n) is 3.69. The van der Waals surface area contributed by atoms with Crippen LogP contribution in [0.25, 0.3) is 0 Å². The molecule has 2 rings (SSSR count). The molecule has 0 saturated carbocycles. The Balaban J connectivity index is 1.78. The third-order valence-corrected chi connectivity index (χ3v) is 3.69. The first-order valence-corrected chi connectivity index (χ1v) is 7.99. The van der Waals surface area contributed by atoms with Gasteiger partial charge >= 0.3 is 0 Å². The molecule has 5 heteroatoms. The molecule has 2 unspecified atom stereocenters. The van der Waals surface area contributed by atoms with Crippen molar-refractivity contribution in [3.05, 3.63) is 66.0 Å². The fraction of sp³-hybridized carbons (Fsp3) is 0.316. The highest BCUT2D eigenvalue weighted by atomic mass is 19.1. The van der Waals surface area contributed by atoms with Crippen molar-refractivity contribution in [1.29, 1.82) is 0 Å². The van der Waals surface area contributed by atoms with Crippen molar-refractivity contribution in [3.63, 3.8) is 0 Å². The van der Waals surface area contributed by atoms with Crippen LogP contribution in [0.5, 0.6) is 5.75 Å².